The second-order valence-corrected chi connectivity index (χ2v) is 9.82. The SMILES string of the molecule is COC(=O)/C=C/c1cc(OC)c(OC)c(S(=O)(=O)Nc2ccc3oc(C(C)(C)C)nc3c2)c1. The maximum Gasteiger partial charge on any atom is 0.330 e. The lowest BCUT2D eigenvalue weighted by Crippen LogP contribution is -2.15. The van der Waals surface area contributed by atoms with Gasteiger partial charge in [0.15, 0.2) is 17.1 Å². The molecule has 0 amide bonds. The minimum atomic E-state index is -4.11. The van der Waals surface area contributed by atoms with E-state index in [4.69, 9.17) is 13.9 Å². The number of hydrogen-bond acceptors (Lipinski definition) is 8. The molecule has 33 heavy (non-hydrogen) atoms. The van der Waals surface area contributed by atoms with Gasteiger partial charge in [0.1, 0.15) is 10.4 Å². The Morgan fingerprint density at radius 2 is 1.82 bits per heavy atom. The van der Waals surface area contributed by atoms with E-state index in [-0.39, 0.29) is 21.8 Å². The second kappa shape index (κ2) is 9.14. The molecule has 0 unspecified atom stereocenters. The molecule has 0 atom stereocenters. The first-order valence-electron chi connectivity index (χ1n) is 9.94. The molecule has 0 bridgehead atoms. The average Bonchev–Trinajstić information content (AvgIpc) is 3.20. The zero-order valence-corrected chi connectivity index (χ0v) is 20.1. The number of ether oxygens (including phenoxy) is 3. The van der Waals surface area contributed by atoms with E-state index in [1.54, 1.807) is 24.3 Å². The van der Waals surface area contributed by atoms with Gasteiger partial charge in [-0.25, -0.2) is 18.2 Å². The van der Waals surface area contributed by atoms with Crippen molar-refractivity contribution in [2.75, 3.05) is 26.1 Å². The van der Waals surface area contributed by atoms with E-state index in [9.17, 15) is 13.2 Å². The molecule has 10 heteroatoms. The lowest BCUT2D eigenvalue weighted by atomic mass is 9.97. The highest BCUT2D eigenvalue weighted by molar-refractivity contribution is 7.92. The van der Waals surface area contributed by atoms with Gasteiger partial charge < -0.3 is 18.6 Å². The number of methoxy groups -OCH3 is 3. The van der Waals surface area contributed by atoms with Crippen molar-refractivity contribution < 1.29 is 31.8 Å². The van der Waals surface area contributed by atoms with Crippen LogP contribution < -0.4 is 14.2 Å². The van der Waals surface area contributed by atoms with Gasteiger partial charge in [-0.3, -0.25) is 4.72 Å². The Morgan fingerprint density at radius 1 is 1.09 bits per heavy atom. The van der Waals surface area contributed by atoms with Crippen LogP contribution in [-0.2, 0) is 25.0 Å². The van der Waals surface area contributed by atoms with Gasteiger partial charge >= 0.3 is 5.97 Å². The van der Waals surface area contributed by atoms with E-state index in [2.05, 4.69) is 14.4 Å². The molecule has 9 nitrogen and oxygen atoms in total. The van der Waals surface area contributed by atoms with Crippen LogP contribution in [0.1, 0.15) is 32.2 Å². The van der Waals surface area contributed by atoms with Gasteiger partial charge in [0.05, 0.1) is 27.0 Å². The highest BCUT2D eigenvalue weighted by Gasteiger charge is 2.25. The van der Waals surface area contributed by atoms with Gasteiger partial charge in [-0.1, -0.05) is 20.8 Å². The molecule has 1 aromatic heterocycles. The standard InChI is InChI=1S/C23H26N2O7S/c1-23(2,3)22-24-16-13-15(8-9-17(16)32-22)25-33(27,28)19-12-14(7-10-20(26)30-5)11-18(29-4)21(19)31-6/h7-13,25H,1-6H3/b10-7+. The van der Waals surface area contributed by atoms with Crippen LogP contribution in [-0.4, -0.2) is 40.7 Å². The van der Waals surface area contributed by atoms with Crippen LogP contribution in [0.25, 0.3) is 17.2 Å². The Kier molecular flexibility index (Phi) is 6.68. The molecule has 176 valence electrons. The lowest BCUT2D eigenvalue weighted by molar-refractivity contribution is -0.134. The molecule has 0 radical (unpaired) electrons. The number of esters is 1. The minimum absolute atomic E-state index is 0.0257. The van der Waals surface area contributed by atoms with Crippen LogP contribution in [0.4, 0.5) is 5.69 Å². The van der Waals surface area contributed by atoms with Crippen molar-refractivity contribution in [2.45, 2.75) is 31.1 Å². The Balaban J connectivity index is 2.03. The number of nitrogens with one attached hydrogen (secondary N) is 1. The van der Waals surface area contributed by atoms with Gasteiger partial charge in [0.25, 0.3) is 10.0 Å². The molecule has 3 rings (SSSR count). The van der Waals surface area contributed by atoms with Crippen LogP contribution >= 0.6 is 0 Å². The maximum absolute atomic E-state index is 13.3. The number of hydrogen-bond donors (Lipinski definition) is 1. The summed E-state index contributed by atoms with van der Waals surface area (Å²) in [4.78, 5) is 15.8. The molecule has 1 heterocycles. The summed E-state index contributed by atoms with van der Waals surface area (Å²) in [7, 11) is -0.129. The number of aromatic nitrogens is 1. The number of carbonyl (C=O) groups excluding carboxylic acids is 1. The van der Waals surface area contributed by atoms with Crippen LogP contribution in [0.15, 0.2) is 45.7 Å². The molecule has 1 N–H and O–H groups in total. The lowest BCUT2D eigenvalue weighted by Gasteiger charge is -2.15. The van der Waals surface area contributed by atoms with Gasteiger partial charge in [-0.05, 0) is 42.0 Å². The average molecular weight is 475 g/mol. The van der Waals surface area contributed by atoms with Gasteiger partial charge in [-0.15, -0.1) is 0 Å². The minimum Gasteiger partial charge on any atom is -0.493 e. The molecule has 0 fully saturated rings. The van der Waals surface area contributed by atoms with E-state index >= 15 is 0 Å². The van der Waals surface area contributed by atoms with Crippen molar-refractivity contribution in [1.82, 2.24) is 4.98 Å². The molecule has 0 spiro atoms. The number of sulfonamides is 1. The Bertz CT molecular complexity index is 1320. The Labute approximate surface area is 192 Å². The number of benzene rings is 2. The first-order valence-corrected chi connectivity index (χ1v) is 11.4. The third kappa shape index (κ3) is 5.28. The molecular weight excluding hydrogens is 448 g/mol. The van der Waals surface area contributed by atoms with E-state index in [1.165, 1.54) is 39.5 Å². The van der Waals surface area contributed by atoms with Crippen molar-refractivity contribution in [2.24, 2.45) is 0 Å². The fraction of sp³-hybridized carbons (Fsp3) is 0.304. The van der Waals surface area contributed by atoms with Crippen molar-refractivity contribution in [1.29, 1.82) is 0 Å². The summed E-state index contributed by atoms with van der Waals surface area (Å²) in [6, 6.07) is 7.75. The third-order valence-corrected chi connectivity index (χ3v) is 6.04. The van der Waals surface area contributed by atoms with Gasteiger partial charge in [-0.2, -0.15) is 0 Å². The highest BCUT2D eigenvalue weighted by Crippen LogP contribution is 2.37. The van der Waals surface area contributed by atoms with Crippen molar-refractivity contribution in [3.63, 3.8) is 0 Å². The summed E-state index contributed by atoms with van der Waals surface area (Å²) in [5.41, 5.74) is 1.49. The van der Waals surface area contributed by atoms with Gasteiger partial charge in [0, 0.05) is 11.5 Å². The van der Waals surface area contributed by atoms with Gasteiger partial charge in [0.2, 0.25) is 5.89 Å². The number of nitrogens with zero attached hydrogens (tertiary/aromatic N) is 1. The van der Waals surface area contributed by atoms with Crippen LogP contribution in [0, 0.1) is 0 Å². The number of oxazole rings is 1. The second-order valence-electron chi connectivity index (χ2n) is 8.17. The normalized spacial score (nSPS) is 12.2. The molecule has 0 aliphatic carbocycles. The summed E-state index contributed by atoms with van der Waals surface area (Å²) >= 11 is 0. The largest absolute Gasteiger partial charge is 0.493 e. The highest BCUT2D eigenvalue weighted by atomic mass is 32.2. The van der Waals surface area contributed by atoms with Crippen LogP contribution in [0.3, 0.4) is 0 Å². The third-order valence-electron chi connectivity index (χ3n) is 4.65. The first-order chi connectivity index (χ1) is 15.5. The van der Waals surface area contributed by atoms with Crippen LogP contribution in [0.5, 0.6) is 11.5 Å². The predicted molar refractivity (Wildman–Crippen MR) is 124 cm³/mol. The van der Waals surface area contributed by atoms with E-state index in [0.717, 1.165) is 0 Å². The monoisotopic (exact) mass is 474 g/mol. The molecule has 0 aliphatic heterocycles. The fourth-order valence-electron chi connectivity index (χ4n) is 3.00. The van der Waals surface area contributed by atoms with Crippen molar-refractivity contribution >= 4 is 38.9 Å². The summed E-state index contributed by atoms with van der Waals surface area (Å²) in [5.74, 6) is 0.182. The topological polar surface area (TPSA) is 117 Å². The molecular formula is C23H26N2O7S. The zero-order valence-electron chi connectivity index (χ0n) is 19.3. The maximum atomic E-state index is 13.3. The number of fused-ring (bicyclic) bond motifs is 1. The van der Waals surface area contributed by atoms with Crippen molar-refractivity contribution in [3.8, 4) is 11.5 Å². The zero-order chi connectivity index (χ0) is 24.4. The van der Waals surface area contributed by atoms with E-state index in [1.807, 2.05) is 20.8 Å². The number of anilines is 1. The summed E-state index contributed by atoms with van der Waals surface area (Å²) in [5, 5.41) is 0. The summed E-state index contributed by atoms with van der Waals surface area (Å²) in [6.07, 6.45) is 2.60. The van der Waals surface area contributed by atoms with Crippen molar-refractivity contribution in [3.05, 3.63) is 47.9 Å². The summed E-state index contributed by atoms with van der Waals surface area (Å²) < 4.78 is 50.1. The number of carbonyl (C=O) groups is 1. The first kappa shape index (κ1) is 24.1. The molecule has 3 aromatic rings. The summed E-state index contributed by atoms with van der Waals surface area (Å²) in [6.45, 7) is 5.92. The number of rotatable bonds is 7. The molecule has 2 aromatic carbocycles. The Morgan fingerprint density at radius 3 is 2.42 bits per heavy atom. The van der Waals surface area contributed by atoms with Crippen LogP contribution in [0.2, 0.25) is 0 Å². The molecule has 0 aliphatic rings. The Hall–Kier alpha value is -3.53. The quantitative estimate of drug-likeness (QED) is 0.401. The smallest absolute Gasteiger partial charge is 0.330 e. The predicted octanol–water partition coefficient (Wildman–Crippen LogP) is 4.13. The van der Waals surface area contributed by atoms with E-state index < -0.39 is 16.0 Å². The van der Waals surface area contributed by atoms with E-state index in [0.29, 0.717) is 28.2 Å². The molecule has 0 saturated heterocycles. The fourth-order valence-corrected chi connectivity index (χ4v) is 4.27. The molecule has 0 saturated carbocycles.